The maximum absolute atomic E-state index is 12.7. The maximum Gasteiger partial charge on any atom is 0.407 e. The monoisotopic (exact) mass is 454 g/mol. The summed E-state index contributed by atoms with van der Waals surface area (Å²) in [4.78, 5) is 37.9. The molecule has 0 bridgehead atoms. The standard InChI is InChI=1S/C25H30N2O6/c1-27(13-7-2-8-14-28)24(31)22(15-23(29)30)26-25(32)33-16-21-19-11-5-3-9-17(19)18-10-4-6-12-20(18)21/h3-6,9-12,21-22,28H,2,7-8,13-16H2,1H3,(H,26,32)(H,29,30). The highest BCUT2D eigenvalue weighted by atomic mass is 16.5. The van der Waals surface area contributed by atoms with Crippen LogP contribution in [0.4, 0.5) is 4.79 Å². The number of aliphatic carboxylic acids is 1. The summed E-state index contributed by atoms with van der Waals surface area (Å²) in [5.74, 6) is -1.82. The van der Waals surface area contributed by atoms with E-state index in [0.717, 1.165) is 28.7 Å². The number of ether oxygens (including phenoxy) is 1. The van der Waals surface area contributed by atoms with Crippen LogP contribution in [0, 0.1) is 0 Å². The summed E-state index contributed by atoms with van der Waals surface area (Å²) >= 11 is 0. The van der Waals surface area contributed by atoms with Gasteiger partial charge in [-0.15, -0.1) is 0 Å². The first-order valence-electron chi connectivity index (χ1n) is 11.1. The number of carbonyl (C=O) groups is 3. The third kappa shape index (κ3) is 6.10. The number of nitrogens with one attached hydrogen (secondary N) is 1. The topological polar surface area (TPSA) is 116 Å². The number of hydrogen-bond acceptors (Lipinski definition) is 5. The van der Waals surface area contributed by atoms with Crippen LogP contribution in [0.25, 0.3) is 11.1 Å². The maximum atomic E-state index is 12.7. The fourth-order valence-corrected chi connectivity index (χ4v) is 4.17. The predicted molar refractivity (Wildman–Crippen MR) is 123 cm³/mol. The molecule has 2 aromatic rings. The smallest absolute Gasteiger partial charge is 0.407 e. The number of rotatable bonds is 11. The molecule has 1 aliphatic rings. The molecule has 0 heterocycles. The first-order valence-corrected chi connectivity index (χ1v) is 11.1. The van der Waals surface area contributed by atoms with Crippen molar-refractivity contribution < 1.29 is 29.3 Å². The molecule has 8 nitrogen and oxygen atoms in total. The van der Waals surface area contributed by atoms with Crippen LogP contribution in [0.15, 0.2) is 48.5 Å². The van der Waals surface area contributed by atoms with Gasteiger partial charge in [-0.05, 0) is 41.5 Å². The minimum Gasteiger partial charge on any atom is -0.481 e. The van der Waals surface area contributed by atoms with Crippen LogP contribution in [0.1, 0.15) is 42.7 Å². The molecule has 0 aliphatic heterocycles. The first kappa shape index (κ1) is 24.3. The molecular formula is C25H30N2O6. The SMILES string of the molecule is CN(CCCCCO)C(=O)C(CC(=O)O)NC(=O)OCC1c2ccccc2-c2ccccc21. The second-order valence-corrected chi connectivity index (χ2v) is 8.16. The lowest BCUT2D eigenvalue weighted by atomic mass is 9.98. The summed E-state index contributed by atoms with van der Waals surface area (Å²) in [7, 11) is 1.57. The van der Waals surface area contributed by atoms with Crippen molar-refractivity contribution in [3.8, 4) is 11.1 Å². The van der Waals surface area contributed by atoms with E-state index in [1.165, 1.54) is 4.90 Å². The number of unbranched alkanes of at least 4 members (excludes halogenated alkanes) is 2. The van der Waals surface area contributed by atoms with Crippen molar-refractivity contribution in [3.05, 3.63) is 59.7 Å². The zero-order valence-corrected chi connectivity index (χ0v) is 18.7. The lowest BCUT2D eigenvalue weighted by Crippen LogP contribution is -2.48. The van der Waals surface area contributed by atoms with E-state index in [2.05, 4.69) is 5.32 Å². The average Bonchev–Trinajstić information content (AvgIpc) is 3.13. The Hall–Kier alpha value is -3.39. The zero-order valence-electron chi connectivity index (χ0n) is 18.7. The molecule has 2 amide bonds. The molecule has 3 rings (SSSR count). The molecule has 0 saturated heterocycles. The van der Waals surface area contributed by atoms with Crippen LogP contribution in [0.2, 0.25) is 0 Å². The number of aliphatic hydroxyl groups excluding tert-OH is 1. The lowest BCUT2D eigenvalue weighted by molar-refractivity contribution is -0.142. The minimum absolute atomic E-state index is 0.0742. The third-order valence-corrected chi connectivity index (χ3v) is 5.84. The van der Waals surface area contributed by atoms with Crippen molar-refractivity contribution >= 4 is 18.0 Å². The molecule has 1 unspecified atom stereocenters. The number of nitrogens with zero attached hydrogens (tertiary/aromatic N) is 1. The molecule has 0 aromatic heterocycles. The largest absolute Gasteiger partial charge is 0.481 e. The molecular weight excluding hydrogens is 424 g/mol. The number of fused-ring (bicyclic) bond motifs is 3. The molecule has 0 spiro atoms. The number of carboxylic acids is 1. The van der Waals surface area contributed by atoms with E-state index in [-0.39, 0.29) is 19.1 Å². The molecule has 3 N–H and O–H groups in total. The summed E-state index contributed by atoms with van der Waals surface area (Å²) < 4.78 is 5.45. The van der Waals surface area contributed by atoms with E-state index in [9.17, 15) is 19.5 Å². The van der Waals surface area contributed by atoms with Gasteiger partial charge in [0.05, 0.1) is 6.42 Å². The summed E-state index contributed by atoms with van der Waals surface area (Å²) in [6.45, 7) is 0.564. The predicted octanol–water partition coefficient (Wildman–Crippen LogP) is 2.99. The van der Waals surface area contributed by atoms with Crippen molar-refractivity contribution in [1.29, 1.82) is 0 Å². The number of hydrogen-bond donors (Lipinski definition) is 3. The minimum atomic E-state index is -1.22. The Morgan fingerprint density at radius 1 is 1.00 bits per heavy atom. The van der Waals surface area contributed by atoms with E-state index in [1.807, 2.05) is 48.5 Å². The fraction of sp³-hybridized carbons (Fsp3) is 0.400. The molecule has 0 fully saturated rings. The first-order chi connectivity index (χ1) is 15.9. The molecule has 1 atom stereocenters. The van der Waals surface area contributed by atoms with Gasteiger partial charge in [0.2, 0.25) is 5.91 Å². The molecule has 0 radical (unpaired) electrons. The average molecular weight is 455 g/mol. The normalized spacial score (nSPS) is 13.0. The van der Waals surface area contributed by atoms with Crippen LogP contribution in [0.5, 0.6) is 0 Å². The van der Waals surface area contributed by atoms with Crippen molar-refractivity contribution in [3.63, 3.8) is 0 Å². The zero-order chi connectivity index (χ0) is 23.8. The Labute approximate surface area is 193 Å². The van der Waals surface area contributed by atoms with E-state index < -0.39 is 30.4 Å². The van der Waals surface area contributed by atoms with Gasteiger partial charge in [0.1, 0.15) is 12.6 Å². The van der Waals surface area contributed by atoms with Gasteiger partial charge in [-0.2, -0.15) is 0 Å². The second kappa shape index (κ2) is 11.5. The van der Waals surface area contributed by atoms with E-state index in [1.54, 1.807) is 7.05 Å². The van der Waals surface area contributed by atoms with Gasteiger partial charge in [-0.25, -0.2) is 4.79 Å². The van der Waals surface area contributed by atoms with Crippen LogP contribution >= 0.6 is 0 Å². The number of amides is 2. The molecule has 8 heteroatoms. The number of aliphatic hydroxyl groups is 1. The van der Waals surface area contributed by atoms with Gasteiger partial charge in [0, 0.05) is 26.1 Å². The number of likely N-dealkylation sites (N-methyl/N-ethyl adjacent to an activating group) is 1. The van der Waals surface area contributed by atoms with E-state index in [0.29, 0.717) is 19.4 Å². The van der Waals surface area contributed by atoms with Gasteiger partial charge >= 0.3 is 12.1 Å². The van der Waals surface area contributed by atoms with Gasteiger partial charge in [0.15, 0.2) is 0 Å². The number of carboxylic acid groups (broad SMARTS) is 1. The Bertz CT molecular complexity index is 947. The second-order valence-electron chi connectivity index (χ2n) is 8.16. The highest BCUT2D eigenvalue weighted by Crippen LogP contribution is 2.44. The summed E-state index contributed by atoms with van der Waals surface area (Å²) in [5.41, 5.74) is 4.33. The van der Waals surface area contributed by atoms with Gasteiger partial charge in [-0.1, -0.05) is 48.5 Å². The van der Waals surface area contributed by atoms with Gasteiger partial charge in [0.25, 0.3) is 0 Å². The van der Waals surface area contributed by atoms with Crippen molar-refractivity contribution in [1.82, 2.24) is 10.2 Å². The van der Waals surface area contributed by atoms with Gasteiger partial charge in [-0.3, -0.25) is 9.59 Å². The van der Waals surface area contributed by atoms with Crippen molar-refractivity contribution in [2.24, 2.45) is 0 Å². The Morgan fingerprint density at radius 3 is 2.18 bits per heavy atom. The Morgan fingerprint density at radius 2 is 1.61 bits per heavy atom. The summed E-state index contributed by atoms with van der Waals surface area (Å²) in [6.07, 6.45) is 0.693. The molecule has 2 aromatic carbocycles. The van der Waals surface area contributed by atoms with Crippen molar-refractivity contribution in [2.45, 2.75) is 37.6 Å². The van der Waals surface area contributed by atoms with E-state index >= 15 is 0 Å². The molecule has 0 saturated carbocycles. The number of benzene rings is 2. The Balaban J connectivity index is 1.62. The fourth-order valence-electron chi connectivity index (χ4n) is 4.17. The van der Waals surface area contributed by atoms with E-state index in [4.69, 9.17) is 9.84 Å². The molecule has 1 aliphatic carbocycles. The van der Waals surface area contributed by atoms with Crippen molar-refractivity contribution in [2.75, 3.05) is 26.8 Å². The van der Waals surface area contributed by atoms with Gasteiger partial charge < -0.3 is 25.2 Å². The highest BCUT2D eigenvalue weighted by molar-refractivity contribution is 5.89. The molecule has 176 valence electrons. The number of alkyl carbamates (subject to hydrolysis) is 1. The van der Waals surface area contributed by atoms with Crippen LogP contribution < -0.4 is 5.32 Å². The Kier molecular flexibility index (Phi) is 8.43. The quantitative estimate of drug-likeness (QED) is 0.450. The lowest BCUT2D eigenvalue weighted by Gasteiger charge is -2.24. The van der Waals surface area contributed by atoms with Crippen LogP contribution in [-0.4, -0.2) is 65.9 Å². The highest BCUT2D eigenvalue weighted by Gasteiger charge is 2.31. The molecule has 33 heavy (non-hydrogen) atoms. The number of carbonyl (C=O) groups excluding carboxylic acids is 2. The van der Waals surface area contributed by atoms with Crippen LogP contribution in [0.3, 0.4) is 0 Å². The summed E-state index contributed by atoms with van der Waals surface area (Å²) in [5, 5.41) is 20.5. The summed E-state index contributed by atoms with van der Waals surface area (Å²) in [6, 6.07) is 14.7. The van der Waals surface area contributed by atoms with Crippen LogP contribution in [-0.2, 0) is 14.3 Å². The third-order valence-electron chi connectivity index (χ3n) is 5.84.